The van der Waals surface area contributed by atoms with Gasteiger partial charge >= 0.3 is 0 Å². The number of hydrogen-bond donors (Lipinski definition) is 2. The van der Waals surface area contributed by atoms with Gasteiger partial charge in [0.15, 0.2) is 0 Å². The molecule has 3 N–H and O–H groups in total. The third kappa shape index (κ3) is 6.30. The minimum atomic E-state index is -0.754. The normalized spacial score (nSPS) is 10.2. The van der Waals surface area contributed by atoms with Crippen LogP contribution in [0.5, 0.6) is 0 Å². The fourth-order valence-corrected chi connectivity index (χ4v) is 4.15. The first-order chi connectivity index (χ1) is 17.4. The summed E-state index contributed by atoms with van der Waals surface area (Å²) >= 11 is 7.83. The molecule has 5 nitrogen and oxygen atoms in total. The second-order valence-corrected chi connectivity index (χ2v) is 8.65. The van der Waals surface area contributed by atoms with Gasteiger partial charge in [0.2, 0.25) is 5.91 Å². The number of amides is 2. The van der Waals surface area contributed by atoms with Gasteiger partial charge in [0.1, 0.15) is 5.82 Å². The zero-order valence-electron chi connectivity index (χ0n) is 20.0. The predicted octanol–water partition coefficient (Wildman–Crippen LogP) is 7.31. The van der Waals surface area contributed by atoms with Crippen LogP contribution in [0.15, 0.2) is 83.9 Å². The lowest BCUT2D eigenvalue weighted by atomic mass is 9.97. The number of carbonyl (C=O) groups excluding carboxylic acids is 2. The summed E-state index contributed by atoms with van der Waals surface area (Å²) in [6, 6.07) is 19.7. The number of carbonyl (C=O) groups is 2. The molecular formula is C28H25ClFN3O2S. The lowest BCUT2D eigenvalue weighted by molar-refractivity contribution is 0.0997. The number of nitrogens with two attached hydrogens (primary N) is 1. The quantitative estimate of drug-likeness (QED) is 0.260. The summed E-state index contributed by atoms with van der Waals surface area (Å²) in [6.45, 7) is 4.00. The molecule has 1 heterocycles. The number of hydrogen-bond acceptors (Lipinski definition) is 4. The lowest BCUT2D eigenvalue weighted by Crippen LogP contribution is -2.14. The summed E-state index contributed by atoms with van der Waals surface area (Å²) in [5, 5.41) is 3.38. The van der Waals surface area contributed by atoms with Crippen molar-refractivity contribution in [2.45, 2.75) is 18.7 Å². The van der Waals surface area contributed by atoms with Gasteiger partial charge in [-0.2, -0.15) is 0 Å². The summed E-state index contributed by atoms with van der Waals surface area (Å²) < 4.78 is 14.2. The molecule has 0 unspecified atom stereocenters. The van der Waals surface area contributed by atoms with Crippen LogP contribution in [0, 0.1) is 5.82 Å². The summed E-state index contributed by atoms with van der Waals surface area (Å²) in [4.78, 5) is 30.1. The monoisotopic (exact) mass is 521 g/mol. The first-order valence-corrected chi connectivity index (χ1v) is 12.8. The maximum Gasteiger partial charge on any atom is 0.256 e. The maximum atomic E-state index is 14.2. The van der Waals surface area contributed by atoms with Gasteiger partial charge in [-0.1, -0.05) is 31.5 Å². The van der Waals surface area contributed by atoms with Crippen LogP contribution in [0.2, 0.25) is 5.02 Å². The molecule has 4 aromatic rings. The van der Waals surface area contributed by atoms with Crippen molar-refractivity contribution in [2.75, 3.05) is 11.6 Å². The number of nitrogens with zero attached hydrogens (tertiary/aromatic N) is 1. The second kappa shape index (κ2) is 12.3. The SMILES string of the molecule is CC.CSc1ccc(C(=O)Nc2ccc(Cl)c(-c3ccccn3)c2)c(-c2cc(F)cc(C(N)=O)c2)c1. The molecule has 0 aliphatic rings. The fraction of sp³-hybridized carbons (Fsp3) is 0.107. The van der Waals surface area contributed by atoms with E-state index in [0.29, 0.717) is 38.7 Å². The molecule has 8 heteroatoms. The molecular weight excluding hydrogens is 497 g/mol. The molecule has 0 aliphatic heterocycles. The van der Waals surface area contributed by atoms with E-state index in [-0.39, 0.29) is 5.56 Å². The van der Waals surface area contributed by atoms with E-state index in [9.17, 15) is 14.0 Å². The molecule has 0 aliphatic carbocycles. The standard InChI is InChI=1S/C26H19ClFN3O2S.C2H6/c1-34-19-6-7-20(21(14-19)15-10-16(25(29)32)12-17(28)11-15)26(33)31-18-5-8-23(27)22(13-18)24-4-2-3-9-30-24;1-2/h2-14H,1H3,(H2,29,32)(H,31,33);1-2H3. The molecule has 36 heavy (non-hydrogen) atoms. The summed E-state index contributed by atoms with van der Waals surface area (Å²) in [5.41, 5.74) is 8.41. The zero-order valence-corrected chi connectivity index (χ0v) is 21.6. The molecule has 0 saturated carbocycles. The Morgan fingerprint density at radius 1 is 0.972 bits per heavy atom. The van der Waals surface area contributed by atoms with Crippen LogP contribution in [-0.2, 0) is 0 Å². The van der Waals surface area contributed by atoms with Gasteiger partial charge in [0.25, 0.3) is 5.91 Å². The Labute approximate surface area is 218 Å². The van der Waals surface area contributed by atoms with Gasteiger partial charge in [-0.15, -0.1) is 11.8 Å². The highest BCUT2D eigenvalue weighted by atomic mass is 35.5. The summed E-state index contributed by atoms with van der Waals surface area (Å²) in [5.74, 6) is -1.78. The Kier molecular flexibility index (Phi) is 9.22. The van der Waals surface area contributed by atoms with Crippen molar-refractivity contribution in [2.24, 2.45) is 5.73 Å². The van der Waals surface area contributed by atoms with Gasteiger partial charge in [-0.3, -0.25) is 14.6 Å². The van der Waals surface area contributed by atoms with Crippen molar-refractivity contribution in [3.05, 3.63) is 101 Å². The van der Waals surface area contributed by atoms with E-state index in [0.717, 1.165) is 11.0 Å². The van der Waals surface area contributed by atoms with Crippen molar-refractivity contribution in [3.8, 4) is 22.4 Å². The Balaban J connectivity index is 0.00000176. The average Bonchev–Trinajstić information content (AvgIpc) is 2.90. The van der Waals surface area contributed by atoms with Gasteiger partial charge in [0, 0.05) is 33.5 Å². The molecule has 1 aromatic heterocycles. The molecule has 184 valence electrons. The van der Waals surface area contributed by atoms with E-state index in [4.69, 9.17) is 17.3 Å². The number of pyridine rings is 1. The van der Waals surface area contributed by atoms with Crippen molar-refractivity contribution in [1.29, 1.82) is 0 Å². The first kappa shape index (κ1) is 26.9. The molecule has 0 atom stereocenters. The number of primary amides is 1. The van der Waals surface area contributed by atoms with E-state index in [1.165, 1.54) is 23.9 Å². The maximum absolute atomic E-state index is 14.2. The Hall–Kier alpha value is -3.68. The number of nitrogens with one attached hydrogen (secondary N) is 1. The predicted molar refractivity (Wildman–Crippen MR) is 146 cm³/mol. The van der Waals surface area contributed by atoms with Gasteiger partial charge in [-0.05, 0) is 84.1 Å². The van der Waals surface area contributed by atoms with Crippen molar-refractivity contribution in [3.63, 3.8) is 0 Å². The molecule has 0 saturated heterocycles. The molecule has 0 bridgehead atoms. The van der Waals surface area contributed by atoms with E-state index in [1.54, 1.807) is 48.7 Å². The fourth-order valence-electron chi connectivity index (χ4n) is 3.49. The lowest BCUT2D eigenvalue weighted by Gasteiger charge is -2.14. The van der Waals surface area contributed by atoms with Crippen molar-refractivity contribution < 1.29 is 14.0 Å². The van der Waals surface area contributed by atoms with E-state index >= 15 is 0 Å². The highest BCUT2D eigenvalue weighted by molar-refractivity contribution is 7.98. The number of benzene rings is 3. The van der Waals surface area contributed by atoms with Gasteiger partial charge < -0.3 is 11.1 Å². The van der Waals surface area contributed by atoms with Crippen LogP contribution < -0.4 is 11.1 Å². The van der Waals surface area contributed by atoms with Crippen LogP contribution >= 0.6 is 23.4 Å². The van der Waals surface area contributed by atoms with Crippen LogP contribution in [0.1, 0.15) is 34.6 Å². The van der Waals surface area contributed by atoms with Crippen LogP contribution in [0.4, 0.5) is 10.1 Å². The number of aromatic nitrogens is 1. The largest absolute Gasteiger partial charge is 0.366 e. The Morgan fingerprint density at radius 3 is 2.42 bits per heavy atom. The molecule has 2 amide bonds. The minimum absolute atomic E-state index is 0.0219. The highest BCUT2D eigenvalue weighted by Gasteiger charge is 2.17. The Bertz CT molecular complexity index is 1400. The smallest absolute Gasteiger partial charge is 0.256 e. The topological polar surface area (TPSA) is 85.1 Å². The number of anilines is 1. The molecule has 0 fully saturated rings. The van der Waals surface area contributed by atoms with E-state index < -0.39 is 17.6 Å². The van der Waals surface area contributed by atoms with Crippen LogP contribution in [-0.4, -0.2) is 23.1 Å². The summed E-state index contributed by atoms with van der Waals surface area (Å²) in [6.07, 6.45) is 3.56. The first-order valence-electron chi connectivity index (χ1n) is 11.2. The molecule has 0 spiro atoms. The molecule has 4 rings (SSSR count). The minimum Gasteiger partial charge on any atom is -0.366 e. The van der Waals surface area contributed by atoms with Crippen molar-refractivity contribution in [1.82, 2.24) is 4.98 Å². The highest BCUT2D eigenvalue weighted by Crippen LogP contribution is 2.32. The van der Waals surface area contributed by atoms with Gasteiger partial charge in [0.05, 0.1) is 10.7 Å². The van der Waals surface area contributed by atoms with Crippen LogP contribution in [0.3, 0.4) is 0 Å². The zero-order chi connectivity index (χ0) is 26.2. The van der Waals surface area contributed by atoms with Crippen molar-refractivity contribution >= 4 is 40.9 Å². The third-order valence-corrected chi connectivity index (χ3v) is 6.18. The van der Waals surface area contributed by atoms with E-state index in [1.807, 2.05) is 32.2 Å². The van der Waals surface area contributed by atoms with E-state index in [2.05, 4.69) is 10.3 Å². The third-order valence-electron chi connectivity index (χ3n) is 5.13. The van der Waals surface area contributed by atoms with Crippen LogP contribution in [0.25, 0.3) is 22.4 Å². The number of halogens is 2. The molecule has 0 radical (unpaired) electrons. The molecule has 3 aromatic carbocycles. The number of thioether (sulfide) groups is 1. The van der Waals surface area contributed by atoms with Gasteiger partial charge in [-0.25, -0.2) is 4.39 Å². The Morgan fingerprint density at radius 2 is 1.75 bits per heavy atom. The average molecular weight is 522 g/mol. The summed E-state index contributed by atoms with van der Waals surface area (Å²) in [7, 11) is 0. The second-order valence-electron chi connectivity index (χ2n) is 7.37. The number of rotatable bonds is 6.